The van der Waals surface area contributed by atoms with E-state index >= 15 is 0 Å². The molecule has 3 rings (SSSR count). The summed E-state index contributed by atoms with van der Waals surface area (Å²) < 4.78 is 18.0. The summed E-state index contributed by atoms with van der Waals surface area (Å²) >= 11 is 0. The van der Waals surface area contributed by atoms with Crippen molar-refractivity contribution in [3.63, 3.8) is 0 Å². The first-order valence-corrected chi connectivity index (χ1v) is 8.12. The number of anilines is 1. The van der Waals surface area contributed by atoms with E-state index in [4.69, 9.17) is 4.74 Å². The molecule has 6 heteroatoms. The van der Waals surface area contributed by atoms with Crippen molar-refractivity contribution in [2.75, 3.05) is 18.5 Å². The molecule has 5 nitrogen and oxygen atoms in total. The third-order valence-corrected chi connectivity index (χ3v) is 4.07. The van der Waals surface area contributed by atoms with Crippen molar-refractivity contribution < 1.29 is 18.7 Å². The summed E-state index contributed by atoms with van der Waals surface area (Å²) in [5.41, 5.74) is 1.56. The third-order valence-electron chi connectivity index (χ3n) is 4.07. The Morgan fingerprint density at radius 2 is 1.88 bits per heavy atom. The quantitative estimate of drug-likeness (QED) is 0.849. The molecular formula is C19H19FN2O3. The highest BCUT2D eigenvalue weighted by Crippen LogP contribution is 2.17. The molecule has 2 aromatic rings. The standard InChI is InChI=1S/C19H19FN2O3/c20-15-6-8-16(9-7-15)21-18(23)12-17-19(24)25-11-10-22(17)13-14-4-2-1-3-5-14/h1-9,17H,10-13H2,(H,21,23)/t17-/m0/s1. The molecule has 0 radical (unpaired) electrons. The number of carbonyl (C=O) groups excluding carboxylic acids is 2. The molecule has 0 aromatic heterocycles. The van der Waals surface area contributed by atoms with Crippen molar-refractivity contribution in [1.29, 1.82) is 0 Å². The van der Waals surface area contributed by atoms with E-state index in [1.54, 1.807) is 0 Å². The van der Waals surface area contributed by atoms with Gasteiger partial charge in [0.1, 0.15) is 18.5 Å². The van der Waals surface area contributed by atoms with Crippen LogP contribution in [0.3, 0.4) is 0 Å². The first-order valence-electron chi connectivity index (χ1n) is 8.12. The van der Waals surface area contributed by atoms with Crippen LogP contribution in [0, 0.1) is 5.82 Å². The van der Waals surface area contributed by atoms with E-state index in [2.05, 4.69) is 5.32 Å². The summed E-state index contributed by atoms with van der Waals surface area (Å²) in [4.78, 5) is 26.4. The number of nitrogens with one attached hydrogen (secondary N) is 1. The van der Waals surface area contributed by atoms with Gasteiger partial charge in [0, 0.05) is 18.8 Å². The predicted octanol–water partition coefficient (Wildman–Crippen LogP) is 2.58. The number of hydrogen-bond acceptors (Lipinski definition) is 4. The summed E-state index contributed by atoms with van der Waals surface area (Å²) in [6.45, 7) is 1.47. The summed E-state index contributed by atoms with van der Waals surface area (Å²) in [5, 5.41) is 2.68. The van der Waals surface area contributed by atoms with Gasteiger partial charge in [0.25, 0.3) is 0 Å². The molecule has 0 aliphatic carbocycles. The average Bonchev–Trinajstić information content (AvgIpc) is 2.61. The molecule has 25 heavy (non-hydrogen) atoms. The molecule has 1 fully saturated rings. The topological polar surface area (TPSA) is 58.6 Å². The zero-order chi connectivity index (χ0) is 17.6. The van der Waals surface area contributed by atoms with Gasteiger partial charge in [-0.2, -0.15) is 0 Å². The number of benzene rings is 2. The molecular weight excluding hydrogens is 323 g/mol. The number of amides is 1. The summed E-state index contributed by atoms with van der Waals surface area (Å²) in [5.74, 6) is -1.08. The van der Waals surface area contributed by atoms with Crippen LogP contribution < -0.4 is 5.32 Å². The molecule has 0 unspecified atom stereocenters. The molecule has 130 valence electrons. The van der Waals surface area contributed by atoms with Gasteiger partial charge in [-0.15, -0.1) is 0 Å². The Bertz CT molecular complexity index is 734. The minimum absolute atomic E-state index is 0.0109. The maximum absolute atomic E-state index is 12.9. The van der Waals surface area contributed by atoms with Gasteiger partial charge in [0.05, 0.1) is 6.42 Å². The van der Waals surface area contributed by atoms with Crippen LogP contribution in [-0.2, 0) is 20.9 Å². The van der Waals surface area contributed by atoms with Crippen LogP contribution in [0.15, 0.2) is 54.6 Å². The molecule has 1 atom stereocenters. The molecule has 0 saturated carbocycles. The van der Waals surface area contributed by atoms with Crippen molar-refractivity contribution >= 4 is 17.6 Å². The van der Waals surface area contributed by atoms with Crippen LogP contribution in [0.2, 0.25) is 0 Å². The van der Waals surface area contributed by atoms with Gasteiger partial charge in [0.2, 0.25) is 5.91 Å². The summed E-state index contributed by atoms with van der Waals surface area (Å²) in [6, 6.07) is 14.6. The van der Waals surface area contributed by atoms with Crippen molar-refractivity contribution in [2.45, 2.75) is 19.0 Å². The average molecular weight is 342 g/mol. The van der Waals surface area contributed by atoms with Gasteiger partial charge in [-0.25, -0.2) is 4.39 Å². The number of esters is 1. The Kier molecular flexibility index (Phi) is 5.40. The Balaban J connectivity index is 1.65. The Morgan fingerprint density at radius 3 is 2.60 bits per heavy atom. The van der Waals surface area contributed by atoms with E-state index in [1.807, 2.05) is 35.2 Å². The van der Waals surface area contributed by atoms with E-state index in [-0.39, 0.29) is 18.1 Å². The lowest BCUT2D eigenvalue weighted by molar-refractivity contribution is -0.159. The number of morpholine rings is 1. The summed E-state index contributed by atoms with van der Waals surface area (Å²) in [6.07, 6.45) is -0.0109. The van der Waals surface area contributed by atoms with Gasteiger partial charge in [0.15, 0.2) is 0 Å². The number of rotatable bonds is 5. The fraction of sp³-hybridized carbons (Fsp3) is 0.263. The van der Waals surface area contributed by atoms with Crippen LogP contribution in [0.5, 0.6) is 0 Å². The number of carbonyl (C=O) groups is 2. The van der Waals surface area contributed by atoms with E-state index < -0.39 is 12.0 Å². The van der Waals surface area contributed by atoms with Crippen molar-refractivity contribution in [3.05, 3.63) is 66.0 Å². The van der Waals surface area contributed by atoms with Crippen molar-refractivity contribution in [1.82, 2.24) is 4.90 Å². The van der Waals surface area contributed by atoms with Gasteiger partial charge in [-0.3, -0.25) is 14.5 Å². The fourth-order valence-electron chi connectivity index (χ4n) is 2.81. The molecule has 2 aromatic carbocycles. The predicted molar refractivity (Wildman–Crippen MR) is 91.2 cm³/mol. The molecule has 1 aliphatic heterocycles. The first kappa shape index (κ1) is 17.1. The molecule has 1 aliphatic rings. The normalized spacial score (nSPS) is 17.8. The minimum Gasteiger partial charge on any atom is -0.463 e. The van der Waals surface area contributed by atoms with Gasteiger partial charge < -0.3 is 10.1 Å². The van der Waals surface area contributed by atoms with E-state index in [0.29, 0.717) is 25.4 Å². The van der Waals surface area contributed by atoms with Crippen LogP contribution in [0.25, 0.3) is 0 Å². The zero-order valence-corrected chi connectivity index (χ0v) is 13.7. The minimum atomic E-state index is -0.630. The second-order valence-electron chi connectivity index (χ2n) is 5.90. The molecule has 1 N–H and O–H groups in total. The van der Waals surface area contributed by atoms with Crippen molar-refractivity contribution in [2.24, 2.45) is 0 Å². The van der Waals surface area contributed by atoms with Crippen LogP contribution in [-0.4, -0.2) is 36.0 Å². The molecule has 1 heterocycles. The maximum Gasteiger partial charge on any atom is 0.323 e. The first-order chi connectivity index (χ1) is 12.1. The number of ether oxygens (including phenoxy) is 1. The van der Waals surface area contributed by atoms with Gasteiger partial charge in [-0.1, -0.05) is 30.3 Å². The fourth-order valence-corrected chi connectivity index (χ4v) is 2.81. The number of cyclic esters (lactones) is 1. The Morgan fingerprint density at radius 1 is 1.16 bits per heavy atom. The second-order valence-corrected chi connectivity index (χ2v) is 5.90. The smallest absolute Gasteiger partial charge is 0.323 e. The molecule has 0 bridgehead atoms. The lowest BCUT2D eigenvalue weighted by Gasteiger charge is -2.33. The molecule has 1 amide bonds. The number of halogens is 1. The van der Waals surface area contributed by atoms with Crippen LogP contribution in [0.1, 0.15) is 12.0 Å². The van der Waals surface area contributed by atoms with Crippen molar-refractivity contribution in [3.8, 4) is 0 Å². The highest BCUT2D eigenvalue weighted by molar-refractivity contribution is 5.94. The zero-order valence-electron chi connectivity index (χ0n) is 13.7. The monoisotopic (exact) mass is 342 g/mol. The largest absolute Gasteiger partial charge is 0.463 e. The maximum atomic E-state index is 12.9. The SMILES string of the molecule is O=C(C[C@H]1C(=O)OCCN1Cc1ccccc1)Nc1ccc(F)cc1. The molecule has 0 spiro atoms. The van der Waals surface area contributed by atoms with E-state index in [0.717, 1.165) is 5.56 Å². The second kappa shape index (κ2) is 7.90. The highest BCUT2D eigenvalue weighted by atomic mass is 19.1. The van der Waals surface area contributed by atoms with Crippen LogP contribution >= 0.6 is 0 Å². The number of hydrogen-bond donors (Lipinski definition) is 1. The lowest BCUT2D eigenvalue weighted by Crippen LogP contribution is -2.49. The highest BCUT2D eigenvalue weighted by Gasteiger charge is 2.33. The number of nitrogens with zero attached hydrogens (tertiary/aromatic N) is 1. The third kappa shape index (κ3) is 4.64. The summed E-state index contributed by atoms with van der Waals surface area (Å²) in [7, 11) is 0. The van der Waals surface area contributed by atoms with E-state index in [9.17, 15) is 14.0 Å². The van der Waals surface area contributed by atoms with E-state index in [1.165, 1.54) is 24.3 Å². The Hall–Kier alpha value is -2.73. The van der Waals surface area contributed by atoms with Crippen LogP contribution in [0.4, 0.5) is 10.1 Å². The lowest BCUT2D eigenvalue weighted by atomic mass is 10.1. The van der Waals surface area contributed by atoms with Gasteiger partial charge in [-0.05, 0) is 29.8 Å². The van der Waals surface area contributed by atoms with Gasteiger partial charge >= 0.3 is 5.97 Å². The Labute approximate surface area is 145 Å². The molecule has 1 saturated heterocycles.